The molecule has 1 unspecified atom stereocenters. The molecule has 1 aliphatic heterocycles. The number of fused-ring (bicyclic) bond motifs is 1. The zero-order chi connectivity index (χ0) is 14.8. The van der Waals surface area contributed by atoms with Crippen molar-refractivity contribution in [3.05, 3.63) is 47.2 Å². The zero-order valence-corrected chi connectivity index (χ0v) is 12.1. The molecule has 1 aromatic carbocycles. The van der Waals surface area contributed by atoms with E-state index in [0.29, 0.717) is 23.1 Å². The van der Waals surface area contributed by atoms with E-state index in [-0.39, 0.29) is 6.10 Å². The third-order valence-corrected chi connectivity index (χ3v) is 3.67. The van der Waals surface area contributed by atoms with Crippen LogP contribution in [0.5, 0.6) is 11.5 Å². The summed E-state index contributed by atoms with van der Waals surface area (Å²) < 4.78 is 11.1. The van der Waals surface area contributed by atoms with Gasteiger partial charge in [0.05, 0.1) is 30.6 Å². The molecule has 2 heterocycles. The number of halogens is 1. The molecule has 0 radical (unpaired) electrons. The Kier molecular flexibility index (Phi) is 3.66. The van der Waals surface area contributed by atoms with Crippen molar-refractivity contribution < 1.29 is 14.3 Å². The lowest BCUT2D eigenvalue weighted by Gasteiger charge is -2.32. The SMILES string of the molecule is COc1ccc(C2CN(C=O)c3ccncc3O2)cc1Cl. The topological polar surface area (TPSA) is 51.7 Å². The fourth-order valence-corrected chi connectivity index (χ4v) is 2.59. The smallest absolute Gasteiger partial charge is 0.214 e. The zero-order valence-electron chi connectivity index (χ0n) is 11.3. The Hall–Kier alpha value is -2.27. The molecule has 1 aliphatic rings. The normalized spacial score (nSPS) is 16.9. The Morgan fingerprint density at radius 2 is 2.33 bits per heavy atom. The number of hydrogen-bond acceptors (Lipinski definition) is 4. The maximum atomic E-state index is 11.3. The van der Waals surface area contributed by atoms with Gasteiger partial charge in [0, 0.05) is 6.20 Å². The second kappa shape index (κ2) is 5.61. The highest BCUT2D eigenvalue weighted by Gasteiger charge is 2.27. The standard InChI is InChI=1S/C15H13ClN2O3/c1-20-13-3-2-10(6-11(13)16)15-8-18(9-19)12-4-5-17-7-14(12)21-15/h2-7,9,15H,8H2,1H3. The van der Waals surface area contributed by atoms with Crippen LogP contribution in [-0.4, -0.2) is 25.0 Å². The quantitative estimate of drug-likeness (QED) is 0.818. The molecule has 0 N–H and O–H groups in total. The predicted molar refractivity (Wildman–Crippen MR) is 79.0 cm³/mol. The van der Waals surface area contributed by atoms with E-state index < -0.39 is 0 Å². The van der Waals surface area contributed by atoms with Crippen molar-refractivity contribution in [1.29, 1.82) is 0 Å². The molecule has 3 rings (SSSR count). The third-order valence-electron chi connectivity index (χ3n) is 3.38. The number of carbonyl (C=O) groups excluding carboxylic acids is 1. The van der Waals surface area contributed by atoms with Gasteiger partial charge in [0.1, 0.15) is 11.9 Å². The number of ether oxygens (including phenoxy) is 2. The van der Waals surface area contributed by atoms with Gasteiger partial charge in [-0.1, -0.05) is 17.7 Å². The van der Waals surface area contributed by atoms with Crippen LogP contribution < -0.4 is 14.4 Å². The second-order valence-corrected chi connectivity index (χ2v) is 5.01. The Bertz CT molecular complexity index is 678. The second-order valence-electron chi connectivity index (χ2n) is 4.60. The molecule has 108 valence electrons. The van der Waals surface area contributed by atoms with Gasteiger partial charge in [0.2, 0.25) is 6.41 Å². The molecule has 0 aliphatic carbocycles. The van der Waals surface area contributed by atoms with Gasteiger partial charge in [-0.25, -0.2) is 0 Å². The number of hydrogen-bond donors (Lipinski definition) is 0. The molecule has 0 saturated heterocycles. The largest absolute Gasteiger partial charge is 0.495 e. The highest BCUT2D eigenvalue weighted by Crippen LogP contribution is 2.37. The molecule has 0 fully saturated rings. The fraction of sp³-hybridized carbons (Fsp3) is 0.200. The van der Waals surface area contributed by atoms with Crippen molar-refractivity contribution in [2.45, 2.75) is 6.10 Å². The van der Waals surface area contributed by atoms with Gasteiger partial charge in [-0.3, -0.25) is 9.78 Å². The molecule has 6 heteroatoms. The summed E-state index contributed by atoms with van der Waals surface area (Å²) in [5, 5.41) is 0.508. The average molecular weight is 305 g/mol. The van der Waals surface area contributed by atoms with E-state index in [0.717, 1.165) is 17.7 Å². The molecule has 2 aromatic rings. The van der Waals surface area contributed by atoms with Gasteiger partial charge in [-0.2, -0.15) is 0 Å². The highest BCUT2D eigenvalue weighted by atomic mass is 35.5. The summed E-state index contributed by atoms with van der Waals surface area (Å²) in [6.07, 6.45) is 3.72. The van der Waals surface area contributed by atoms with Crippen molar-refractivity contribution >= 4 is 23.7 Å². The Morgan fingerprint density at radius 3 is 3.05 bits per heavy atom. The van der Waals surface area contributed by atoms with Crippen molar-refractivity contribution in [2.75, 3.05) is 18.6 Å². The highest BCUT2D eigenvalue weighted by molar-refractivity contribution is 6.32. The first-order valence-corrected chi connectivity index (χ1v) is 6.76. The summed E-state index contributed by atoms with van der Waals surface area (Å²) >= 11 is 6.14. The maximum absolute atomic E-state index is 11.3. The molecule has 5 nitrogen and oxygen atoms in total. The number of carbonyl (C=O) groups is 1. The van der Waals surface area contributed by atoms with E-state index in [1.165, 1.54) is 0 Å². The summed E-state index contributed by atoms with van der Waals surface area (Å²) in [4.78, 5) is 16.9. The molecular weight excluding hydrogens is 292 g/mol. The van der Waals surface area contributed by atoms with Crippen molar-refractivity contribution in [2.24, 2.45) is 0 Å². The first-order valence-electron chi connectivity index (χ1n) is 6.39. The number of rotatable bonds is 3. The van der Waals surface area contributed by atoms with Crippen LogP contribution in [0.15, 0.2) is 36.7 Å². The van der Waals surface area contributed by atoms with Gasteiger partial charge < -0.3 is 14.4 Å². The molecule has 1 aromatic heterocycles. The molecule has 21 heavy (non-hydrogen) atoms. The van der Waals surface area contributed by atoms with Crippen LogP contribution in [0.2, 0.25) is 5.02 Å². The summed E-state index contributed by atoms with van der Waals surface area (Å²) in [6, 6.07) is 7.20. The number of nitrogens with zero attached hydrogens (tertiary/aromatic N) is 2. The van der Waals surface area contributed by atoms with Crippen LogP contribution in [0.1, 0.15) is 11.7 Å². The van der Waals surface area contributed by atoms with Crippen LogP contribution in [0.4, 0.5) is 5.69 Å². The molecule has 0 spiro atoms. The number of amides is 1. The first-order chi connectivity index (χ1) is 10.2. The van der Waals surface area contributed by atoms with Gasteiger partial charge in [0.25, 0.3) is 0 Å². The lowest BCUT2D eigenvalue weighted by atomic mass is 10.1. The number of aromatic nitrogens is 1. The average Bonchev–Trinajstić information content (AvgIpc) is 2.53. The van der Waals surface area contributed by atoms with Crippen LogP contribution in [0, 0.1) is 0 Å². The van der Waals surface area contributed by atoms with Gasteiger partial charge >= 0.3 is 0 Å². The van der Waals surface area contributed by atoms with Gasteiger partial charge in [-0.15, -0.1) is 0 Å². The van der Waals surface area contributed by atoms with Crippen molar-refractivity contribution in [3.63, 3.8) is 0 Å². The van der Waals surface area contributed by atoms with E-state index in [9.17, 15) is 4.79 Å². The Morgan fingerprint density at radius 1 is 1.48 bits per heavy atom. The summed E-state index contributed by atoms with van der Waals surface area (Å²) in [5.74, 6) is 1.18. The van der Waals surface area contributed by atoms with E-state index in [2.05, 4.69) is 4.98 Å². The monoisotopic (exact) mass is 304 g/mol. The van der Waals surface area contributed by atoms with E-state index in [1.54, 1.807) is 42.6 Å². The van der Waals surface area contributed by atoms with Gasteiger partial charge in [0.15, 0.2) is 5.75 Å². The van der Waals surface area contributed by atoms with Crippen LogP contribution in [0.25, 0.3) is 0 Å². The summed E-state index contributed by atoms with van der Waals surface area (Å²) in [5.41, 5.74) is 1.60. The van der Waals surface area contributed by atoms with Crippen LogP contribution in [0.3, 0.4) is 0 Å². The number of pyridine rings is 1. The van der Waals surface area contributed by atoms with E-state index in [4.69, 9.17) is 21.1 Å². The predicted octanol–water partition coefficient (Wildman–Crippen LogP) is 2.84. The Labute approximate surface area is 127 Å². The third kappa shape index (κ3) is 2.52. The Balaban J connectivity index is 1.94. The summed E-state index contributed by atoms with van der Waals surface area (Å²) in [7, 11) is 1.56. The molecular formula is C15H13ClN2O3. The molecule has 0 saturated carbocycles. The molecule has 0 bridgehead atoms. The maximum Gasteiger partial charge on any atom is 0.214 e. The minimum absolute atomic E-state index is 0.296. The number of anilines is 1. The minimum Gasteiger partial charge on any atom is -0.495 e. The lowest BCUT2D eigenvalue weighted by molar-refractivity contribution is -0.107. The van der Waals surface area contributed by atoms with Crippen molar-refractivity contribution in [1.82, 2.24) is 4.98 Å². The van der Waals surface area contributed by atoms with Crippen LogP contribution >= 0.6 is 11.6 Å². The number of methoxy groups -OCH3 is 1. The number of benzene rings is 1. The minimum atomic E-state index is -0.296. The summed E-state index contributed by atoms with van der Waals surface area (Å²) in [6.45, 7) is 0.420. The van der Waals surface area contributed by atoms with Crippen molar-refractivity contribution in [3.8, 4) is 11.5 Å². The van der Waals surface area contributed by atoms with E-state index >= 15 is 0 Å². The van der Waals surface area contributed by atoms with Gasteiger partial charge in [-0.05, 0) is 23.8 Å². The van der Waals surface area contributed by atoms with E-state index in [1.807, 2.05) is 6.07 Å². The molecule has 1 amide bonds. The van der Waals surface area contributed by atoms with Crippen LogP contribution in [-0.2, 0) is 4.79 Å². The first kappa shape index (κ1) is 13.7. The fourth-order valence-electron chi connectivity index (χ4n) is 2.32. The molecule has 1 atom stereocenters. The lowest BCUT2D eigenvalue weighted by Crippen LogP contribution is -2.34.